The molecule has 3 aliphatic heterocycles. The third kappa shape index (κ3) is 6.88. The second-order valence-corrected chi connectivity index (χ2v) is 11.1. The van der Waals surface area contributed by atoms with Gasteiger partial charge in [0.05, 0.1) is 0 Å². The van der Waals surface area contributed by atoms with Gasteiger partial charge < -0.3 is 14.8 Å². The second-order valence-electron chi connectivity index (χ2n) is 11.1. The van der Waals surface area contributed by atoms with Crippen LogP contribution in [0.4, 0.5) is 0 Å². The van der Waals surface area contributed by atoms with Gasteiger partial charge in [0.1, 0.15) is 23.9 Å². The van der Waals surface area contributed by atoms with Gasteiger partial charge in [0.2, 0.25) is 5.91 Å². The molecule has 1 fully saturated rings. The number of hydrazine groups is 1. The Bertz CT molecular complexity index is 1240. The van der Waals surface area contributed by atoms with E-state index in [1.807, 2.05) is 69.3 Å². The van der Waals surface area contributed by atoms with E-state index in [-0.39, 0.29) is 29.9 Å². The van der Waals surface area contributed by atoms with Gasteiger partial charge in [0.25, 0.3) is 5.91 Å². The van der Waals surface area contributed by atoms with Crippen LogP contribution in [0.5, 0.6) is 5.75 Å². The maximum atomic E-state index is 13.2. The molecule has 2 aromatic carbocycles. The van der Waals surface area contributed by atoms with E-state index >= 15 is 0 Å². The van der Waals surface area contributed by atoms with E-state index in [0.29, 0.717) is 25.1 Å². The average molecular weight is 550 g/mol. The molecule has 214 valence electrons. The fraction of sp³-hybridized carbons (Fsp3) is 0.484. The molecule has 0 spiro atoms. The highest BCUT2D eigenvalue weighted by Gasteiger charge is 2.34. The quantitative estimate of drug-likeness (QED) is 0.518. The SMILES string of the molecule is CC(C)C1CC(=O)[C@H](C)Oc2ccc(cc2)-c2cccc(c2)[C@@H](C)OC(=O)[C@@H]2CCCN(N2)C(=O)[C@H](C)NC1=O. The number of Topliss-reactive ketones (excluding diaryl/α,β-unsaturated/α-hetero) is 1. The zero-order chi connectivity index (χ0) is 29.0. The number of carbonyl (C=O) groups excluding carboxylic acids is 4. The maximum absolute atomic E-state index is 13.2. The van der Waals surface area contributed by atoms with E-state index in [0.717, 1.165) is 16.7 Å². The van der Waals surface area contributed by atoms with Crippen molar-refractivity contribution in [3.05, 3.63) is 54.1 Å². The van der Waals surface area contributed by atoms with E-state index in [4.69, 9.17) is 9.47 Å². The smallest absolute Gasteiger partial charge is 0.325 e. The van der Waals surface area contributed by atoms with Gasteiger partial charge in [-0.25, -0.2) is 5.43 Å². The number of ether oxygens (including phenoxy) is 2. The number of hydrogen-bond donors (Lipinski definition) is 2. The lowest BCUT2D eigenvalue weighted by Gasteiger charge is -2.35. The first-order chi connectivity index (χ1) is 19.0. The summed E-state index contributed by atoms with van der Waals surface area (Å²) in [6, 6.07) is 13.7. The van der Waals surface area contributed by atoms with Crippen molar-refractivity contribution >= 4 is 23.6 Å². The summed E-state index contributed by atoms with van der Waals surface area (Å²) in [5.74, 6) is -1.58. The number of nitrogens with zero attached hydrogens (tertiary/aromatic N) is 1. The lowest BCUT2D eigenvalue weighted by molar-refractivity contribution is -0.157. The highest BCUT2D eigenvalue weighted by atomic mass is 16.5. The number of benzene rings is 2. The standard InChI is InChI=1S/C31H39N3O6/c1-18(2)26-17-28(35)21(5)39-25-13-11-22(12-14-25)24-9-6-8-23(16-24)20(4)40-31(38)27-10-7-15-34(33-27)30(37)19(3)32-29(26)36/h6,8-9,11-14,16,18-21,26-27,33H,7,10,15,17H2,1-5H3,(H,32,36)/t19-,20+,21-,26?,27-/m0/s1. The van der Waals surface area contributed by atoms with Crippen LogP contribution in [0.25, 0.3) is 11.1 Å². The van der Waals surface area contributed by atoms with Crippen LogP contribution in [0, 0.1) is 11.8 Å². The zero-order valence-electron chi connectivity index (χ0n) is 23.8. The Morgan fingerprint density at radius 2 is 1.62 bits per heavy atom. The second kappa shape index (κ2) is 12.6. The largest absolute Gasteiger partial charge is 0.483 e. The van der Waals surface area contributed by atoms with E-state index in [9.17, 15) is 19.2 Å². The molecular formula is C31H39N3O6. The summed E-state index contributed by atoms with van der Waals surface area (Å²) < 4.78 is 11.7. The van der Waals surface area contributed by atoms with Crippen molar-refractivity contribution in [3.8, 4) is 16.9 Å². The molecule has 1 saturated heterocycles. The summed E-state index contributed by atoms with van der Waals surface area (Å²) >= 11 is 0. The van der Waals surface area contributed by atoms with Crippen molar-refractivity contribution in [2.45, 2.75) is 78.2 Å². The third-order valence-corrected chi connectivity index (χ3v) is 7.63. The summed E-state index contributed by atoms with van der Waals surface area (Å²) in [6.07, 6.45) is -0.117. The van der Waals surface area contributed by atoms with Gasteiger partial charge in [0.15, 0.2) is 11.9 Å². The van der Waals surface area contributed by atoms with Crippen LogP contribution in [0.2, 0.25) is 0 Å². The molecule has 5 atom stereocenters. The van der Waals surface area contributed by atoms with Crippen LogP contribution in [-0.4, -0.2) is 53.3 Å². The van der Waals surface area contributed by atoms with Crippen molar-refractivity contribution in [1.29, 1.82) is 0 Å². The van der Waals surface area contributed by atoms with Crippen LogP contribution in [0.3, 0.4) is 0 Å². The third-order valence-electron chi connectivity index (χ3n) is 7.63. The number of hydrogen-bond acceptors (Lipinski definition) is 7. The predicted octanol–water partition coefficient (Wildman–Crippen LogP) is 3.97. The van der Waals surface area contributed by atoms with Gasteiger partial charge in [-0.1, -0.05) is 44.2 Å². The molecule has 1 unspecified atom stereocenters. The van der Waals surface area contributed by atoms with Crippen LogP contribution in [0.15, 0.2) is 48.5 Å². The molecular weight excluding hydrogens is 510 g/mol. The number of carbonyl (C=O) groups is 4. The Morgan fingerprint density at radius 1 is 0.900 bits per heavy atom. The van der Waals surface area contributed by atoms with Crippen LogP contribution >= 0.6 is 0 Å². The Balaban J connectivity index is 1.63. The van der Waals surface area contributed by atoms with Crippen molar-refractivity contribution in [2.24, 2.45) is 11.8 Å². The number of nitrogens with one attached hydrogen (secondary N) is 2. The molecule has 2 aromatic rings. The van der Waals surface area contributed by atoms with Crippen LogP contribution < -0.4 is 15.5 Å². The summed E-state index contributed by atoms with van der Waals surface area (Å²) in [5.41, 5.74) is 5.73. The van der Waals surface area contributed by atoms with E-state index in [1.54, 1.807) is 13.8 Å². The maximum Gasteiger partial charge on any atom is 0.325 e. The Kier molecular flexibility index (Phi) is 9.25. The lowest BCUT2D eigenvalue weighted by atomic mass is 9.88. The van der Waals surface area contributed by atoms with Gasteiger partial charge >= 0.3 is 5.97 Å². The zero-order valence-corrected chi connectivity index (χ0v) is 23.8. The molecule has 0 aliphatic carbocycles. The minimum atomic E-state index is -0.849. The van der Waals surface area contributed by atoms with Crippen molar-refractivity contribution in [1.82, 2.24) is 15.8 Å². The summed E-state index contributed by atoms with van der Waals surface area (Å²) in [6.45, 7) is 9.25. The summed E-state index contributed by atoms with van der Waals surface area (Å²) in [7, 11) is 0. The van der Waals surface area contributed by atoms with Gasteiger partial charge in [-0.3, -0.25) is 24.2 Å². The number of ketones is 1. The normalized spacial score (nSPS) is 26.9. The van der Waals surface area contributed by atoms with Gasteiger partial charge in [0, 0.05) is 18.9 Å². The molecule has 5 rings (SSSR count). The topological polar surface area (TPSA) is 114 Å². The molecule has 3 heterocycles. The average Bonchev–Trinajstić information content (AvgIpc) is 2.95. The molecule has 2 amide bonds. The first-order valence-corrected chi connectivity index (χ1v) is 14.0. The molecule has 0 saturated carbocycles. The highest BCUT2D eigenvalue weighted by Crippen LogP contribution is 2.28. The Labute approximate surface area is 235 Å². The Hall–Kier alpha value is -3.72. The van der Waals surface area contributed by atoms with Gasteiger partial charge in [-0.15, -0.1) is 0 Å². The molecule has 2 N–H and O–H groups in total. The van der Waals surface area contributed by atoms with Crippen molar-refractivity contribution in [2.75, 3.05) is 6.54 Å². The highest BCUT2D eigenvalue weighted by molar-refractivity contribution is 5.92. The van der Waals surface area contributed by atoms with Crippen molar-refractivity contribution < 1.29 is 28.7 Å². The monoisotopic (exact) mass is 549 g/mol. The van der Waals surface area contributed by atoms with Crippen molar-refractivity contribution in [3.63, 3.8) is 0 Å². The summed E-state index contributed by atoms with van der Waals surface area (Å²) in [4.78, 5) is 52.5. The van der Waals surface area contributed by atoms with E-state index in [1.165, 1.54) is 5.01 Å². The fourth-order valence-corrected chi connectivity index (χ4v) is 5.04. The van der Waals surface area contributed by atoms with Gasteiger partial charge in [-0.05, 0) is 74.4 Å². The first-order valence-electron chi connectivity index (χ1n) is 14.0. The van der Waals surface area contributed by atoms with Crippen LogP contribution in [0.1, 0.15) is 65.5 Å². The van der Waals surface area contributed by atoms with E-state index < -0.39 is 36.2 Å². The minimum Gasteiger partial charge on any atom is -0.483 e. The number of rotatable bonds is 1. The molecule has 6 bridgehead atoms. The lowest BCUT2D eigenvalue weighted by Crippen LogP contribution is -2.59. The molecule has 9 heteroatoms. The summed E-state index contributed by atoms with van der Waals surface area (Å²) in [5, 5.41) is 4.16. The number of esters is 1. The first kappa shape index (κ1) is 29.3. The molecule has 9 nitrogen and oxygen atoms in total. The molecule has 3 aliphatic rings. The fourth-order valence-electron chi connectivity index (χ4n) is 5.04. The predicted molar refractivity (Wildman–Crippen MR) is 150 cm³/mol. The van der Waals surface area contributed by atoms with Gasteiger partial charge in [-0.2, -0.15) is 0 Å². The molecule has 40 heavy (non-hydrogen) atoms. The molecule has 0 radical (unpaired) electrons. The number of amides is 2. The molecule has 0 aromatic heterocycles. The Morgan fingerprint density at radius 3 is 2.33 bits per heavy atom. The van der Waals surface area contributed by atoms with E-state index in [2.05, 4.69) is 10.7 Å². The van der Waals surface area contributed by atoms with Crippen LogP contribution in [-0.2, 0) is 23.9 Å². The minimum absolute atomic E-state index is 0.00941. The number of fused-ring (bicyclic) bond motifs is 12.